The maximum Gasteiger partial charge on any atom is 0.303 e. The number of aliphatic carboxylic acids is 1. The smallest absolute Gasteiger partial charge is 0.303 e. The molecule has 2 heterocycles. The predicted molar refractivity (Wildman–Crippen MR) is 130 cm³/mol. The average molecular weight is 501 g/mol. The van der Waals surface area contributed by atoms with Gasteiger partial charge in [0.05, 0.1) is 17.9 Å². The molecule has 8 nitrogen and oxygen atoms in total. The summed E-state index contributed by atoms with van der Waals surface area (Å²) in [6, 6.07) is 5.77. The number of likely N-dealkylation sites (tertiary alicyclic amines) is 1. The highest BCUT2D eigenvalue weighted by Gasteiger charge is 2.41. The topological polar surface area (TPSA) is 105 Å². The van der Waals surface area contributed by atoms with Crippen molar-refractivity contribution in [3.8, 4) is 0 Å². The van der Waals surface area contributed by atoms with Crippen LogP contribution in [0.1, 0.15) is 56.3 Å². The highest BCUT2D eigenvalue weighted by molar-refractivity contribution is 8.14. The van der Waals surface area contributed by atoms with Gasteiger partial charge in [0.2, 0.25) is 0 Å². The quantitative estimate of drug-likeness (QED) is 0.526. The molecule has 0 radical (unpaired) electrons. The van der Waals surface area contributed by atoms with E-state index in [2.05, 4.69) is 10.3 Å². The van der Waals surface area contributed by atoms with Crippen molar-refractivity contribution < 1.29 is 23.9 Å². The molecule has 2 unspecified atom stereocenters. The van der Waals surface area contributed by atoms with E-state index in [9.17, 15) is 18.8 Å². The zero-order valence-corrected chi connectivity index (χ0v) is 20.4. The minimum absolute atomic E-state index is 0.00199. The number of carbonyl (C=O) groups is 3. The number of carbonyl (C=O) groups excluding carboxylic acids is 2. The third kappa shape index (κ3) is 6.43. The summed E-state index contributed by atoms with van der Waals surface area (Å²) in [5.41, 5.74) is 2.03. The van der Waals surface area contributed by atoms with Crippen LogP contribution in [0.25, 0.3) is 6.08 Å². The van der Waals surface area contributed by atoms with Crippen LogP contribution in [0.3, 0.4) is 0 Å². The zero-order chi connectivity index (χ0) is 24.9. The van der Waals surface area contributed by atoms with Gasteiger partial charge in [0.25, 0.3) is 0 Å². The molecular weight excluding hydrogens is 471 g/mol. The summed E-state index contributed by atoms with van der Waals surface area (Å²) >= 11 is 1.25. The number of halogens is 1. The van der Waals surface area contributed by atoms with Gasteiger partial charge in [-0.15, -0.1) is 5.10 Å². The van der Waals surface area contributed by atoms with Crippen molar-refractivity contribution >= 4 is 34.7 Å². The molecule has 186 valence electrons. The molecule has 2 aliphatic rings. The third-order valence-corrected chi connectivity index (χ3v) is 7.50. The molecule has 35 heavy (non-hydrogen) atoms. The highest BCUT2D eigenvalue weighted by atomic mass is 32.2. The molecule has 2 fully saturated rings. The largest absolute Gasteiger partial charge is 0.481 e. The molecule has 0 bridgehead atoms. The molecule has 1 aliphatic heterocycles. The van der Waals surface area contributed by atoms with Gasteiger partial charge >= 0.3 is 5.97 Å². The summed E-state index contributed by atoms with van der Waals surface area (Å²) in [5.74, 6) is -1.24. The Labute approximate surface area is 207 Å². The number of aryl methyl sites for hydroxylation is 1. The molecule has 2 aromatic rings. The zero-order valence-electron chi connectivity index (χ0n) is 19.6. The van der Waals surface area contributed by atoms with E-state index in [1.165, 1.54) is 24.8 Å². The summed E-state index contributed by atoms with van der Waals surface area (Å²) in [5, 5.41) is 16.9. The van der Waals surface area contributed by atoms with E-state index in [1.807, 2.05) is 11.0 Å². The predicted octanol–water partition coefficient (Wildman–Crippen LogP) is 3.74. The van der Waals surface area contributed by atoms with Crippen LogP contribution in [0.5, 0.6) is 0 Å². The number of Topliss-reactive ketones (excluding diaryl/α,β-unsaturated/α-hetero) is 1. The van der Waals surface area contributed by atoms with Crippen LogP contribution < -0.4 is 0 Å². The molecule has 1 aromatic carbocycles. The van der Waals surface area contributed by atoms with Crippen molar-refractivity contribution in [3.05, 3.63) is 53.1 Å². The Morgan fingerprint density at radius 2 is 2.03 bits per heavy atom. The van der Waals surface area contributed by atoms with Gasteiger partial charge in [0, 0.05) is 49.7 Å². The molecule has 1 aliphatic carbocycles. The lowest BCUT2D eigenvalue weighted by atomic mass is 9.93. The molecule has 1 N–H and O–H groups in total. The molecule has 4 rings (SSSR count). The minimum Gasteiger partial charge on any atom is -0.481 e. The second-order valence-corrected chi connectivity index (χ2v) is 10.4. The first-order valence-corrected chi connectivity index (χ1v) is 12.7. The van der Waals surface area contributed by atoms with Crippen LogP contribution in [0.4, 0.5) is 4.39 Å². The Kier molecular flexibility index (Phi) is 8.12. The van der Waals surface area contributed by atoms with Gasteiger partial charge in [0.1, 0.15) is 5.82 Å². The first-order chi connectivity index (χ1) is 16.8. The number of ketones is 1. The summed E-state index contributed by atoms with van der Waals surface area (Å²) in [6.07, 6.45) is 6.28. The number of thioether (sulfide) groups is 1. The molecule has 2 atom stereocenters. The van der Waals surface area contributed by atoms with Gasteiger partial charge in [-0.25, -0.2) is 9.07 Å². The third-order valence-electron chi connectivity index (χ3n) is 6.34. The van der Waals surface area contributed by atoms with E-state index in [4.69, 9.17) is 5.11 Å². The minimum atomic E-state index is -0.870. The Balaban J connectivity index is 1.63. The van der Waals surface area contributed by atoms with Crippen molar-refractivity contribution in [1.29, 1.82) is 0 Å². The van der Waals surface area contributed by atoms with E-state index in [-0.39, 0.29) is 28.5 Å². The number of benzene rings is 1. The fourth-order valence-electron chi connectivity index (χ4n) is 4.52. The highest BCUT2D eigenvalue weighted by Crippen LogP contribution is 2.40. The van der Waals surface area contributed by atoms with E-state index in [0.29, 0.717) is 43.7 Å². The SMILES string of the molecule is CC(=O)SC1CCN(C(C(=O)C2CC2)c2ccccc2F)CC1=Cc1cnnn1CCCC(=O)O. The first-order valence-electron chi connectivity index (χ1n) is 11.8. The maximum atomic E-state index is 14.8. The fourth-order valence-corrected chi connectivity index (χ4v) is 5.43. The lowest BCUT2D eigenvalue weighted by molar-refractivity contribution is -0.137. The Bertz CT molecular complexity index is 1130. The summed E-state index contributed by atoms with van der Waals surface area (Å²) in [6.45, 7) is 2.90. The summed E-state index contributed by atoms with van der Waals surface area (Å²) in [4.78, 5) is 38.1. The van der Waals surface area contributed by atoms with Gasteiger partial charge in [-0.1, -0.05) is 35.2 Å². The Morgan fingerprint density at radius 3 is 2.71 bits per heavy atom. The van der Waals surface area contributed by atoms with Crippen LogP contribution in [0.2, 0.25) is 0 Å². The summed E-state index contributed by atoms with van der Waals surface area (Å²) < 4.78 is 16.5. The van der Waals surface area contributed by atoms with Crippen molar-refractivity contribution in [2.45, 2.75) is 56.9 Å². The lowest BCUT2D eigenvalue weighted by Crippen LogP contribution is -2.43. The van der Waals surface area contributed by atoms with E-state index in [1.54, 1.807) is 29.1 Å². The van der Waals surface area contributed by atoms with Gasteiger partial charge in [-0.2, -0.15) is 0 Å². The molecular formula is C25H29FN4O4S. The van der Waals surface area contributed by atoms with Crippen LogP contribution in [-0.2, 0) is 20.9 Å². The van der Waals surface area contributed by atoms with Crippen LogP contribution in [-0.4, -0.2) is 60.2 Å². The molecule has 1 saturated carbocycles. The standard InChI is InChI=1S/C25H29FN4O4S/c1-16(31)35-22-10-12-29(24(25(34)17-8-9-17)20-5-2-3-6-21(20)26)15-18(22)13-19-14-27-28-30(19)11-4-7-23(32)33/h2-3,5-6,13-14,17,22,24H,4,7-12,15H2,1H3,(H,32,33). The number of carboxylic acids is 1. The molecule has 1 aromatic heterocycles. The number of nitrogens with zero attached hydrogens (tertiary/aromatic N) is 4. The normalized spacial score (nSPS) is 20.6. The van der Waals surface area contributed by atoms with Gasteiger partial charge < -0.3 is 5.11 Å². The molecule has 10 heteroatoms. The van der Waals surface area contributed by atoms with Gasteiger partial charge in [-0.3, -0.25) is 19.3 Å². The Morgan fingerprint density at radius 1 is 1.26 bits per heavy atom. The first kappa shape index (κ1) is 25.2. The van der Waals surface area contributed by atoms with Crippen molar-refractivity contribution in [1.82, 2.24) is 19.9 Å². The second kappa shape index (κ2) is 11.3. The molecule has 0 amide bonds. The number of hydrogen-bond acceptors (Lipinski definition) is 7. The number of piperidine rings is 1. The maximum absolute atomic E-state index is 14.8. The number of carboxylic acid groups (broad SMARTS) is 1. The summed E-state index contributed by atoms with van der Waals surface area (Å²) in [7, 11) is 0. The average Bonchev–Trinajstić information content (AvgIpc) is 3.57. The second-order valence-electron chi connectivity index (χ2n) is 9.06. The number of hydrogen-bond donors (Lipinski definition) is 1. The molecule has 0 spiro atoms. The van der Waals surface area contributed by atoms with Gasteiger partial charge in [-0.05, 0) is 43.4 Å². The van der Waals surface area contributed by atoms with Crippen molar-refractivity contribution in [2.75, 3.05) is 13.1 Å². The Hall–Kier alpha value is -2.85. The van der Waals surface area contributed by atoms with Crippen LogP contribution >= 0.6 is 11.8 Å². The van der Waals surface area contributed by atoms with Crippen LogP contribution in [0.15, 0.2) is 36.0 Å². The van der Waals surface area contributed by atoms with Crippen molar-refractivity contribution in [3.63, 3.8) is 0 Å². The monoisotopic (exact) mass is 500 g/mol. The van der Waals surface area contributed by atoms with Crippen molar-refractivity contribution in [2.24, 2.45) is 5.92 Å². The van der Waals surface area contributed by atoms with E-state index in [0.717, 1.165) is 18.4 Å². The fraction of sp³-hybridized carbons (Fsp3) is 0.480. The van der Waals surface area contributed by atoms with Gasteiger partial charge in [0.15, 0.2) is 10.9 Å². The number of aromatic nitrogens is 3. The van der Waals surface area contributed by atoms with E-state index < -0.39 is 17.8 Å². The number of rotatable bonds is 10. The molecule has 1 saturated heterocycles. The lowest BCUT2D eigenvalue weighted by Gasteiger charge is -2.38. The van der Waals surface area contributed by atoms with E-state index >= 15 is 0 Å². The van der Waals surface area contributed by atoms with Crippen LogP contribution in [0, 0.1) is 11.7 Å².